The van der Waals surface area contributed by atoms with E-state index in [2.05, 4.69) is 63.0 Å². The molecule has 5 heteroatoms. The molecular weight excluding hydrogens is 408 g/mol. The van der Waals surface area contributed by atoms with Crippen molar-refractivity contribution >= 4 is 38.7 Å². The number of fused-ring (bicyclic) bond motifs is 1. The number of aromatic nitrogens is 2. The molecule has 0 spiro atoms. The van der Waals surface area contributed by atoms with Crippen LogP contribution in [0.3, 0.4) is 0 Å². The zero-order chi connectivity index (χ0) is 17.8. The van der Waals surface area contributed by atoms with Crippen LogP contribution in [0.4, 0.5) is 0 Å². The third kappa shape index (κ3) is 3.79. The van der Waals surface area contributed by atoms with Crippen LogP contribution in [0.2, 0.25) is 0 Å². The first kappa shape index (κ1) is 17.2. The van der Waals surface area contributed by atoms with Gasteiger partial charge in [-0.1, -0.05) is 58.0 Å². The van der Waals surface area contributed by atoms with E-state index in [1.807, 2.05) is 36.4 Å². The van der Waals surface area contributed by atoms with Crippen LogP contribution in [0.15, 0.2) is 88.5 Å². The van der Waals surface area contributed by atoms with Gasteiger partial charge in [-0.3, -0.25) is 4.57 Å². The normalized spacial score (nSPS) is 11.0. The second-order valence-electron chi connectivity index (χ2n) is 5.70. The summed E-state index contributed by atoms with van der Waals surface area (Å²) in [6.07, 6.45) is 0. The maximum absolute atomic E-state index is 5.82. The van der Waals surface area contributed by atoms with E-state index in [1.54, 1.807) is 11.8 Å². The lowest BCUT2D eigenvalue weighted by Gasteiger charge is -2.09. The van der Waals surface area contributed by atoms with E-state index < -0.39 is 0 Å². The van der Waals surface area contributed by atoms with E-state index in [4.69, 9.17) is 9.72 Å². The standard InChI is InChI=1S/C21H17BrN2OS/c22-16-10-12-18(13-11-16)25-14-15-26-21-23-19-8-4-5-9-20(19)24(21)17-6-2-1-3-7-17/h1-13H,14-15H2. The van der Waals surface area contributed by atoms with Crippen molar-refractivity contribution in [1.29, 1.82) is 0 Å². The molecule has 0 aliphatic rings. The number of para-hydroxylation sites is 3. The van der Waals surface area contributed by atoms with Crippen molar-refractivity contribution in [2.75, 3.05) is 12.4 Å². The van der Waals surface area contributed by atoms with E-state index in [1.165, 1.54) is 0 Å². The van der Waals surface area contributed by atoms with E-state index in [0.717, 1.165) is 37.9 Å². The monoisotopic (exact) mass is 424 g/mol. The van der Waals surface area contributed by atoms with Gasteiger partial charge in [-0.05, 0) is 48.5 Å². The minimum Gasteiger partial charge on any atom is -0.493 e. The smallest absolute Gasteiger partial charge is 0.173 e. The summed E-state index contributed by atoms with van der Waals surface area (Å²) >= 11 is 5.14. The van der Waals surface area contributed by atoms with Crippen LogP contribution >= 0.6 is 27.7 Å². The Bertz CT molecular complexity index is 1000. The van der Waals surface area contributed by atoms with Crippen molar-refractivity contribution in [2.45, 2.75) is 5.16 Å². The van der Waals surface area contributed by atoms with Gasteiger partial charge in [-0.2, -0.15) is 0 Å². The molecule has 0 aliphatic heterocycles. The molecule has 130 valence electrons. The van der Waals surface area contributed by atoms with E-state index >= 15 is 0 Å². The molecule has 26 heavy (non-hydrogen) atoms. The summed E-state index contributed by atoms with van der Waals surface area (Å²) in [5.41, 5.74) is 3.25. The van der Waals surface area contributed by atoms with Gasteiger partial charge in [-0.25, -0.2) is 4.98 Å². The number of halogens is 1. The van der Waals surface area contributed by atoms with Crippen molar-refractivity contribution in [2.24, 2.45) is 0 Å². The highest BCUT2D eigenvalue weighted by Gasteiger charge is 2.12. The zero-order valence-electron chi connectivity index (χ0n) is 14.0. The van der Waals surface area contributed by atoms with E-state index in [0.29, 0.717) is 6.61 Å². The Kier molecular flexibility index (Phi) is 5.27. The number of hydrogen-bond donors (Lipinski definition) is 0. The summed E-state index contributed by atoms with van der Waals surface area (Å²) in [4.78, 5) is 4.81. The van der Waals surface area contributed by atoms with E-state index in [9.17, 15) is 0 Å². The lowest BCUT2D eigenvalue weighted by molar-refractivity contribution is 0.344. The summed E-state index contributed by atoms with van der Waals surface area (Å²) in [7, 11) is 0. The molecule has 0 unspecified atom stereocenters. The van der Waals surface area contributed by atoms with Gasteiger partial charge in [0.25, 0.3) is 0 Å². The number of rotatable bonds is 6. The highest BCUT2D eigenvalue weighted by molar-refractivity contribution is 9.10. The molecule has 1 aromatic heterocycles. The van der Waals surface area contributed by atoms with Gasteiger partial charge in [0.15, 0.2) is 5.16 Å². The average Bonchev–Trinajstić information content (AvgIpc) is 3.05. The second kappa shape index (κ2) is 7.98. The van der Waals surface area contributed by atoms with Crippen LogP contribution in [-0.2, 0) is 0 Å². The number of benzene rings is 3. The maximum Gasteiger partial charge on any atom is 0.173 e. The zero-order valence-corrected chi connectivity index (χ0v) is 16.4. The van der Waals surface area contributed by atoms with Gasteiger partial charge in [0, 0.05) is 15.9 Å². The Labute approximate surface area is 165 Å². The molecule has 3 nitrogen and oxygen atoms in total. The van der Waals surface area contributed by atoms with Crippen LogP contribution in [0.1, 0.15) is 0 Å². The Morgan fingerprint density at radius 1 is 0.885 bits per heavy atom. The fourth-order valence-corrected chi connectivity index (χ4v) is 3.86. The second-order valence-corrected chi connectivity index (χ2v) is 7.68. The van der Waals surface area contributed by atoms with Crippen LogP contribution in [-0.4, -0.2) is 21.9 Å². The first-order valence-corrected chi connectivity index (χ1v) is 10.1. The van der Waals surface area contributed by atoms with Crippen LogP contribution in [0.5, 0.6) is 5.75 Å². The summed E-state index contributed by atoms with van der Waals surface area (Å²) < 4.78 is 9.08. The third-order valence-electron chi connectivity index (χ3n) is 3.94. The van der Waals surface area contributed by atoms with Crippen molar-refractivity contribution in [3.05, 3.63) is 83.3 Å². The molecule has 1 heterocycles. The highest BCUT2D eigenvalue weighted by Crippen LogP contribution is 2.28. The fourth-order valence-electron chi connectivity index (χ4n) is 2.75. The Hall–Kier alpha value is -2.24. The first-order valence-electron chi connectivity index (χ1n) is 8.35. The minimum absolute atomic E-state index is 0.629. The third-order valence-corrected chi connectivity index (χ3v) is 5.37. The molecule has 0 atom stereocenters. The first-order chi connectivity index (χ1) is 12.8. The number of imidazole rings is 1. The number of thioether (sulfide) groups is 1. The van der Waals surface area contributed by atoms with Gasteiger partial charge in [-0.15, -0.1) is 0 Å². The number of hydrogen-bond acceptors (Lipinski definition) is 3. The molecular formula is C21H17BrN2OS. The van der Waals surface area contributed by atoms with E-state index in [-0.39, 0.29) is 0 Å². The van der Waals surface area contributed by atoms with Gasteiger partial charge < -0.3 is 4.74 Å². The van der Waals surface area contributed by atoms with Crippen molar-refractivity contribution in [1.82, 2.24) is 9.55 Å². The topological polar surface area (TPSA) is 27.1 Å². The number of nitrogens with zero attached hydrogens (tertiary/aromatic N) is 2. The molecule has 0 saturated heterocycles. The van der Waals surface area contributed by atoms with Gasteiger partial charge in [0.1, 0.15) is 5.75 Å². The van der Waals surface area contributed by atoms with Crippen molar-refractivity contribution < 1.29 is 4.74 Å². The molecule has 3 aromatic carbocycles. The molecule has 0 fully saturated rings. The highest BCUT2D eigenvalue weighted by atomic mass is 79.9. The quantitative estimate of drug-likeness (QED) is 0.282. The van der Waals surface area contributed by atoms with Crippen LogP contribution in [0, 0.1) is 0 Å². The maximum atomic E-state index is 5.82. The Morgan fingerprint density at radius 3 is 2.42 bits per heavy atom. The lowest BCUT2D eigenvalue weighted by atomic mass is 10.3. The summed E-state index contributed by atoms with van der Waals surface area (Å²) in [6, 6.07) is 26.5. The van der Waals surface area contributed by atoms with Gasteiger partial charge >= 0.3 is 0 Å². The summed E-state index contributed by atoms with van der Waals surface area (Å²) in [6.45, 7) is 0.629. The minimum atomic E-state index is 0.629. The predicted molar refractivity (Wildman–Crippen MR) is 111 cm³/mol. The Morgan fingerprint density at radius 2 is 1.62 bits per heavy atom. The van der Waals surface area contributed by atoms with Gasteiger partial charge in [0.2, 0.25) is 0 Å². The van der Waals surface area contributed by atoms with Crippen LogP contribution in [0.25, 0.3) is 16.7 Å². The molecule has 0 saturated carbocycles. The van der Waals surface area contributed by atoms with Crippen LogP contribution < -0.4 is 4.74 Å². The molecule has 0 N–H and O–H groups in total. The molecule has 4 aromatic rings. The van der Waals surface area contributed by atoms with Crippen molar-refractivity contribution in [3.63, 3.8) is 0 Å². The SMILES string of the molecule is Brc1ccc(OCCSc2nc3ccccc3n2-c2ccccc2)cc1. The van der Waals surface area contributed by atoms with Crippen molar-refractivity contribution in [3.8, 4) is 11.4 Å². The largest absolute Gasteiger partial charge is 0.493 e. The molecule has 0 aliphatic carbocycles. The molecule has 4 rings (SSSR count). The predicted octanol–water partition coefficient (Wildman–Crippen LogP) is 5.96. The molecule has 0 radical (unpaired) electrons. The molecule has 0 amide bonds. The molecule has 0 bridgehead atoms. The summed E-state index contributed by atoms with van der Waals surface area (Å²) in [5.74, 6) is 1.71. The van der Waals surface area contributed by atoms with Gasteiger partial charge in [0.05, 0.1) is 17.6 Å². The Balaban J connectivity index is 1.52. The fraction of sp³-hybridized carbons (Fsp3) is 0.0952. The average molecular weight is 425 g/mol. The number of ether oxygens (including phenoxy) is 1. The summed E-state index contributed by atoms with van der Waals surface area (Å²) in [5, 5.41) is 0.983. The lowest BCUT2D eigenvalue weighted by Crippen LogP contribution is -2.02.